The molecule has 38 heavy (non-hydrogen) atoms. The summed E-state index contributed by atoms with van der Waals surface area (Å²) in [6.07, 6.45) is -2.28. The van der Waals surface area contributed by atoms with E-state index in [1.54, 1.807) is 11.0 Å². The number of hydrogen-bond acceptors (Lipinski definition) is 3. The molecule has 1 aliphatic heterocycles. The molecule has 5 rings (SSSR count). The Bertz CT molecular complexity index is 1510. The fraction of sp³-hybridized carbons (Fsp3) is 0.250. The number of carbonyl (C=O) groups excluding carboxylic acids is 1. The second-order valence-electron chi connectivity index (χ2n) is 10.9. The summed E-state index contributed by atoms with van der Waals surface area (Å²) in [4.78, 5) is 27.3. The van der Waals surface area contributed by atoms with Gasteiger partial charge in [-0.05, 0) is 51.1 Å². The van der Waals surface area contributed by atoms with E-state index in [0.717, 1.165) is 33.0 Å². The molecule has 0 aromatic heterocycles. The predicted molar refractivity (Wildman–Crippen MR) is 152 cm³/mol. The summed E-state index contributed by atoms with van der Waals surface area (Å²) in [5, 5.41) is 12.2. The molecule has 0 fully saturated rings. The summed E-state index contributed by atoms with van der Waals surface area (Å²) in [5.74, 6) is -1.45. The molecule has 0 saturated heterocycles. The Kier molecular flexibility index (Phi) is 6.99. The minimum atomic E-state index is -1.15. The number of amides is 1. The van der Waals surface area contributed by atoms with Gasteiger partial charge in [0, 0.05) is 22.8 Å². The molecule has 5 nitrogen and oxygen atoms in total. The van der Waals surface area contributed by atoms with Crippen molar-refractivity contribution in [1.82, 2.24) is 0 Å². The van der Waals surface area contributed by atoms with Crippen molar-refractivity contribution in [2.45, 2.75) is 39.4 Å². The standard InChI is InChI=1S/C32H30ClNO4/c1-32(2,3)19-34-27-16-13-21(33)17-26(27)30(38-28(31(34)37)18-29(35)36)25-15-14-22(20-9-5-4-6-10-20)23-11-7-8-12-24(23)25/h4-17,28,30H,18-19H2,1-3H3,(H,35,36). The smallest absolute Gasteiger partial charge is 0.306 e. The van der Waals surface area contributed by atoms with Gasteiger partial charge in [-0.2, -0.15) is 0 Å². The molecule has 6 heteroatoms. The maximum absolute atomic E-state index is 13.8. The number of rotatable bonds is 5. The van der Waals surface area contributed by atoms with Crippen molar-refractivity contribution in [3.63, 3.8) is 0 Å². The summed E-state index contributed by atoms with van der Waals surface area (Å²) < 4.78 is 6.47. The van der Waals surface area contributed by atoms with Gasteiger partial charge >= 0.3 is 5.97 Å². The van der Waals surface area contributed by atoms with Crippen LogP contribution in [0.4, 0.5) is 5.69 Å². The van der Waals surface area contributed by atoms with Gasteiger partial charge in [0.25, 0.3) is 5.91 Å². The normalized spacial score (nSPS) is 17.8. The van der Waals surface area contributed by atoms with Crippen LogP contribution in [0.25, 0.3) is 21.9 Å². The zero-order valence-electron chi connectivity index (χ0n) is 21.6. The molecule has 194 valence electrons. The first kappa shape index (κ1) is 26.0. The van der Waals surface area contributed by atoms with Gasteiger partial charge in [0.15, 0.2) is 0 Å². The fourth-order valence-electron chi connectivity index (χ4n) is 5.16. The second kappa shape index (κ2) is 10.2. The number of halogens is 1. The summed E-state index contributed by atoms with van der Waals surface area (Å²) in [5.41, 5.74) is 4.21. The molecule has 2 atom stereocenters. The van der Waals surface area contributed by atoms with Gasteiger partial charge in [0.1, 0.15) is 12.2 Å². The molecule has 0 bridgehead atoms. The van der Waals surface area contributed by atoms with Crippen LogP contribution in [0.1, 0.15) is 44.4 Å². The Morgan fingerprint density at radius 2 is 1.61 bits per heavy atom. The van der Waals surface area contributed by atoms with E-state index in [-0.39, 0.29) is 11.3 Å². The van der Waals surface area contributed by atoms with E-state index >= 15 is 0 Å². The second-order valence-corrected chi connectivity index (χ2v) is 11.3. The van der Waals surface area contributed by atoms with Gasteiger partial charge in [-0.1, -0.05) is 99.1 Å². The molecule has 0 radical (unpaired) electrons. The summed E-state index contributed by atoms with van der Waals surface area (Å²) in [6, 6.07) is 27.7. The van der Waals surface area contributed by atoms with Crippen LogP contribution in [0.5, 0.6) is 0 Å². The van der Waals surface area contributed by atoms with E-state index in [1.807, 2.05) is 75.4 Å². The molecular weight excluding hydrogens is 498 g/mol. The van der Waals surface area contributed by atoms with Gasteiger partial charge in [-0.15, -0.1) is 0 Å². The highest BCUT2D eigenvalue weighted by molar-refractivity contribution is 6.30. The first-order valence-electron chi connectivity index (χ1n) is 12.7. The number of aliphatic carboxylic acids is 1. The monoisotopic (exact) mass is 527 g/mol. The van der Waals surface area contributed by atoms with Gasteiger partial charge in [-0.25, -0.2) is 0 Å². The van der Waals surface area contributed by atoms with Gasteiger partial charge < -0.3 is 14.7 Å². The maximum atomic E-state index is 13.8. The van der Waals surface area contributed by atoms with E-state index < -0.39 is 24.6 Å². The summed E-state index contributed by atoms with van der Waals surface area (Å²) in [6.45, 7) is 6.53. The Morgan fingerprint density at radius 1 is 0.921 bits per heavy atom. The van der Waals surface area contributed by atoms with Crippen LogP contribution in [0.15, 0.2) is 84.9 Å². The minimum absolute atomic E-state index is 0.232. The molecule has 0 spiro atoms. The number of carboxylic acids is 1. The zero-order chi connectivity index (χ0) is 27.0. The van der Waals surface area contributed by atoms with Crippen LogP contribution < -0.4 is 4.90 Å². The molecule has 1 N–H and O–H groups in total. The molecule has 4 aromatic rings. The van der Waals surface area contributed by atoms with Gasteiger partial charge in [0.2, 0.25) is 0 Å². The number of hydrogen-bond donors (Lipinski definition) is 1. The lowest BCUT2D eigenvalue weighted by atomic mass is 9.90. The van der Waals surface area contributed by atoms with Crippen molar-refractivity contribution >= 4 is 39.9 Å². The van der Waals surface area contributed by atoms with E-state index in [4.69, 9.17) is 16.3 Å². The van der Waals surface area contributed by atoms with Crippen molar-refractivity contribution in [3.05, 3.63) is 101 Å². The molecular formula is C32H30ClNO4. The average Bonchev–Trinajstić information content (AvgIpc) is 2.98. The number of carboxylic acid groups (broad SMARTS) is 1. The Morgan fingerprint density at radius 3 is 2.29 bits per heavy atom. The van der Waals surface area contributed by atoms with Crippen LogP contribution >= 0.6 is 11.6 Å². The summed E-state index contributed by atoms with van der Waals surface area (Å²) >= 11 is 6.49. The molecule has 4 aromatic carbocycles. The van der Waals surface area contributed by atoms with E-state index in [2.05, 4.69) is 24.3 Å². The van der Waals surface area contributed by atoms with Crippen molar-refractivity contribution in [3.8, 4) is 11.1 Å². The molecule has 1 amide bonds. The first-order valence-corrected chi connectivity index (χ1v) is 13.1. The predicted octanol–water partition coefficient (Wildman–Crippen LogP) is 7.50. The van der Waals surface area contributed by atoms with Gasteiger partial charge in [-0.3, -0.25) is 9.59 Å². The lowest BCUT2D eigenvalue weighted by Crippen LogP contribution is -2.44. The number of fused-ring (bicyclic) bond motifs is 2. The van der Waals surface area contributed by atoms with E-state index in [1.165, 1.54) is 0 Å². The highest BCUT2D eigenvalue weighted by Crippen LogP contribution is 2.44. The van der Waals surface area contributed by atoms with E-state index in [0.29, 0.717) is 17.3 Å². The third-order valence-corrected chi connectivity index (χ3v) is 6.96. The Hall–Kier alpha value is -3.67. The van der Waals surface area contributed by atoms with Crippen molar-refractivity contribution < 1.29 is 19.4 Å². The van der Waals surface area contributed by atoms with Crippen LogP contribution in [0.3, 0.4) is 0 Å². The highest BCUT2D eigenvalue weighted by atomic mass is 35.5. The average molecular weight is 528 g/mol. The Labute approximate surface area is 227 Å². The van der Waals surface area contributed by atoms with Crippen molar-refractivity contribution in [2.24, 2.45) is 5.41 Å². The van der Waals surface area contributed by atoms with Crippen LogP contribution in [0, 0.1) is 5.41 Å². The Balaban J connectivity index is 1.74. The highest BCUT2D eigenvalue weighted by Gasteiger charge is 2.39. The van der Waals surface area contributed by atoms with E-state index in [9.17, 15) is 14.7 Å². The third kappa shape index (κ3) is 5.17. The van der Waals surface area contributed by atoms with Crippen molar-refractivity contribution in [1.29, 1.82) is 0 Å². The van der Waals surface area contributed by atoms with Crippen LogP contribution in [0.2, 0.25) is 5.02 Å². The van der Waals surface area contributed by atoms with Gasteiger partial charge in [0.05, 0.1) is 6.42 Å². The molecule has 2 unspecified atom stereocenters. The summed E-state index contributed by atoms with van der Waals surface area (Å²) in [7, 11) is 0. The molecule has 0 saturated carbocycles. The van der Waals surface area contributed by atoms with Crippen LogP contribution in [-0.4, -0.2) is 29.6 Å². The van der Waals surface area contributed by atoms with Crippen LogP contribution in [-0.2, 0) is 14.3 Å². The number of benzene rings is 4. The first-order chi connectivity index (χ1) is 18.1. The maximum Gasteiger partial charge on any atom is 0.306 e. The number of anilines is 1. The SMILES string of the molecule is CC(C)(C)CN1C(=O)C(CC(=O)O)OC(c2ccc(-c3ccccc3)c3ccccc23)c2cc(Cl)ccc21. The fourth-order valence-corrected chi connectivity index (χ4v) is 5.34. The number of ether oxygens (including phenoxy) is 1. The topological polar surface area (TPSA) is 66.8 Å². The molecule has 1 heterocycles. The third-order valence-electron chi connectivity index (χ3n) is 6.72. The largest absolute Gasteiger partial charge is 0.481 e. The van der Waals surface area contributed by atoms with Crippen molar-refractivity contribution in [2.75, 3.05) is 11.4 Å². The lowest BCUT2D eigenvalue weighted by molar-refractivity contribution is -0.147. The number of nitrogens with zero attached hydrogens (tertiary/aromatic N) is 1. The minimum Gasteiger partial charge on any atom is -0.481 e. The molecule has 1 aliphatic rings. The lowest BCUT2D eigenvalue weighted by Gasteiger charge is -2.31. The quantitative estimate of drug-likeness (QED) is 0.292. The molecule has 0 aliphatic carbocycles. The zero-order valence-corrected chi connectivity index (χ0v) is 22.4. The number of carbonyl (C=O) groups is 2.